The molecule has 0 bridgehead atoms. The molecule has 5 heteroatoms. The number of hydrogen-bond acceptors (Lipinski definition) is 5. The average molecular weight is 711 g/mol. The highest BCUT2D eigenvalue weighted by Crippen LogP contribution is 2.49. The van der Waals surface area contributed by atoms with Gasteiger partial charge in [-0.25, -0.2) is 4.98 Å². The van der Waals surface area contributed by atoms with Crippen molar-refractivity contribution >= 4 is 81.6 Å². The monoisotopic (exact) mass is 710 g/mol. The summed E-state index contributed by atoms with van der Waals surface area (Å²) in [5.74, 6) is 0.614. The first kappa shape index (κ1) is 30.7. The van der Waals surface area contributed by atoms with Crippen molar-refractivity contribution in [3.8, 4) is 33.7 Å². The molecule has 0 spiro atoms. The van der Waals surface area contributed by atoms with Crippen molar-refractivity contribution in [2.75, 3.05) is 4.90 Å². The second-order valence-electron chi connectivity index (χ2n) is 13.5. The quantitative estimate of drug-likeness (QED) is 0.172. The highest BCUT2D eigenvalue weighted by Gasteiger charge is 2.24. The molecule has 54 heavy (non-hydrogen) atoms. The zero-order valence-electron chi connectivity index (χ0n) is 28.9. The van der Waals surface area contributed by atoms with Crippen molar-refractivity contribution < 1.29 is 8.83 Å². The number of oxazole rings is 1. The molecule has 0 atom stereocenters. The lowest BCUT2D eigenvalue weighted by molar-refractivity contribution is 0.623. The van der Waals surface area contributed by atoms with Gasteiger partial charge in [-0.3, -0.25) is 0 Å². The number of furan rings is 1. The fraction of sp³-hybridized carbons (Fsp3) is 0. The van der Waals surface area contributed by atoms with E-state index in [9.17, 15) is 0 Å². The van der Waals surface area contributed by atoms with E-state index in [2.05, 4.69) is 138 Å². The summed E-state index contributed by atoms with van der Waals surface area (Å²) in [5.41, 5.74) is 12.1. The van der Waals surface area contributed by atoms with Crippen LogP contribution in [0.5, 0.6) is 0 Å². The molecule has 3 aromatic heterocycles. The van der Waals surface area contributed by atoms with Crippen LogP contribution in [0.4, 0.5) is 17.1 Å². The van der Waals surface area contributed by atoms with E-state index in [1.807, 2.05) is 48.5 Å². The van der Waals surface area contributed by atoms with E-state index in [-0.39, 0.29) is 0 Å². The predicted molar refractivity (Wildman–Crippen MR) is 225 cm³/mol. The maximum Gasteiger partial charge on any atom is 0.227 e. The van der Waals surface area contributed by atoms with Crippen LogP contribution >= 0.6 is 11.3 Å². The maximum atomic E-state index is 6.64. The minimum absolute atomic E-state index is 0.614. The van der Waals surface area contributed by atoms with Crippen LogP contribution in [0.1, 0.15) is 0 Å². The molecule has 8 aromatic carbocycles. The van der Waals surface area contributed by atoms with Gasteiger partial charge in [-0.1, -0.05) is 121 Å². The summed E-state index contributed by atoms with van der Waals surface area (Å²) in [7, 11) is 0. The SMILES string of the molecule is c1ccc(-c2ccc(N(c3ccc(-c4cccc5oc6ccccc6c45)cc3)c3cc4nc(-c5ccccc5)oc4c4c3sc3ccccc34)cc2)cc1. The Morgan fingerprint density at radius 2 is 1.07 bits per heavy atom. The van der Waals surface area contributed by atoms with Gasteiger partial charge in [-0.05, 0) is 82.9 Å². The molecule has 11 rings (SSSR count). The number of benzene rings is 8. The molecular formula is C49H30N2O2S. The molecule has 0 N–H and O–H groups in total. The van der Waals surface area contributed by atoms with Crippen LogP contribution in [0.2, 0.25) is 0 Å². The number of anilines is 3. The van der Waals surface area contributed by atoms with Gasteiger partial charge < -0.3 is 13.7 Å². The Kier molecular flexibility index (Phi) is 7.00. The van der Waals surface area contributed by atoms with Crippen LogP contribution in [0.15, 0.2) is 191 Å². The fourth-order valence-corrected chi connectivity index (χ4v) is 9.00. The fourth-order valence-electron chi connectivity index (χ4n) is 7.79. The minimum atomic E-state index is 0.614. The van der Waals surface area contributed by atoms with Gasteiger partial charge in [-0.2, -0.15) is 0 Å². The normalized spacial score (nSPS) is 11.7. The molecule has 3 heterocycles. The van der Waals surface area contributed by atoms with Crippen molar-refractivity contribution in [3.63, 3.8) is 0 Å². The lowest BCUT2D eigenvalue weighted by atomic mass is 9.99. The van der Waals surface area contributed by atoms with E-state index >= 15 is 0 Å². The van der Waals surface area contributed by atoms with Gasteiger partial charge in [0.25, 0.3) is 0 Å². The molecule has 0 aliphatic heterocycles. The van der Waals surface area contributed by atoms with E-state index in [1.54, 1.807) is 11.3 Å². The Morgan fingerprint density at radius 1 is 0.463 bits per heavy atom. The second kappa shape index (κ2) is 12.3. The first-order chi connectivity index (χ1) is 26.8. The summed E-state index contributed by atoms with van der Waals surface area (Å²) in [6, 6.07) is 63.8. The standard InChI is InChI=1S/C49H30N2O2S/c1-3-12-31(13-4-1)32-22-26-35(27-23-32)51(36-28-24-33(25-29-36)37-18-11-20-43-45(37)38-16-7-9-19-42(38)52-43)41-30-40-47(53-49(50-40)34-14-5-2-6-15-34)46-39-17-8-10-21-44(39)54-48(41)46/h1-30H. The second-order valence-corrected chi connectivity index (χ2v) is 14.6. The van der Waals surface area contributed by atoms with Crippen LogP contribution in [-0.4, -0.2) is 4.98 Å². The molecule has 4 nitrogen and oxygen atoms in total. The van der Waals surface area contributed by atoms with Gasteiger partial charge in [0.15, 0.2) is 5.58 Å². The Hall–Kier alpha value is -6.95. The van der Waals surface area contributed by atoms with Gasteiger partial charge in [0.1, 0.15) is 16.7 Å². The number of nitrogens with zero attached hydrogens (tertiary/aromatic N) is 2. The molecule has 0 saturated heterocycles. The van der Waals surface area contributed by atoms with Crippen LogP contribution in [0.3, 0.4) is 0 Å². The molecule has 254 valence electrons. The van der Waals surface area contributed by atoms with Gasteiger partial charge in [0.05, 0.1) is 10.4 Å². The lowest BCUT2D eigenvalue weighted by Gasteiger charge is -2.26. The van der Waals surface area contributed by atoms with Gasteiger partial charge in [0.2, 0.25) is 5.89 Å². The minimum Gasteiger partial charge on any atom is -0.456 e. The molecule has 0 fully saturated rings. The van der Waals surface area contributed by atoms with E-state index < -0.39 is 0 Å². The van der Waals surface area contributed by atoms with Crippen LogP contribution < -0.4 is 4.90 Å². The third-order valence-electron chi connectivity index (χ3n) is 10.3. The van der Waals surface area contributed by atoms with E-state index in [0.717, 1.165) is 82.3 Å². The third-order valence-corrected chi connectivity index (χ3v) is 11.5. The van der Waals surface area contributed by atoms with Crippen molar-refractivity contribution in [2.24, 2.45) is 0 Å². The molecule has 0 radical (unpaired) electrons. The van der Waals surface area contributed by atoms with E-state index in [4.69, 9.17) is 13.8 Å². The molecule has 0 saturated carbocycles. The number of hydrogen-bond donors (Lipinski definition) is 0. The summed E-state index contributed by atoms with van der Waals surface area (Å²) in [4.78, 5) is 7.47. The van der Waals surface area contributed by atoms with Gasteiger partial charge in [-0.15, -0.1) is 11.3 Å². The molecule has 0 unspecified atom stereocenters. The lowest BCUT2D eigenvalue weighted by Crippen LogP contribution is -2.10. The van der Waals surface area contributed by atoms with Crippen molar-refractivity contribution in [1.82, 2.24) is 4.98 Å². The van der Waals surface area contributed by atoms with Gasteiger partial charge in [0, 0.05) is 43.2 Å². The number of thiophene rings is 1. The maximum absolute atomic E-state index is 6.64. The number of fused-ring (bicyclic) bond motifs is 8. The average Bonchev–Trinajstić information content (AvgIpc) is 3.96. The summed E-state index contributed by atoms with van der Waals surface area (Å²) < 4.78 is 15.2. The molecule has 0 aliphatic carbocycles. The predicted octanol–water partition coefficient (Wildman–Crippen LogP) is 14.6. The highest BCUT2D eigenvalue weighted by molar-refractivity contribution is 7.26. The summed E-state index contributed by atoms with van der Waals surface area (Å²) >= 11 is 1.79. The Balaban J connectivity index is 1.13. The van der Waals surface area contributed by atoms with Gasteiger partial charge >= 0.3 is 0 Å². The summed E-state index contributed by atoms with van der Waals surface area (Å²) in [6.45, 7) is 0. The van der Waals surface area contributed by atoms with Crippen LogP contribution in [0.25, 0.3) is 86.9 Å². The van der Waals surface area contributed by atoms with Crippen LogP contribution in [-0.2, 0) is 0 Å². The first-order valence-electron chi connectivity index (χ1n) is 18.0. The van der Waals surface area contributed by atoms with Crippen molar-refractivity contribution in [3.05, 3.63) is 182 Å². The smallest absolute Gasteiger partial charge is 0.227 e. The van der Waals surface area contributed by atoms with Crippen LogP contribution in [0, 0.1) is 0 Å². The van der Waals surface area contributed by atoms with Crippen molar-refractivity contribution in [1.29, 1.82) is 0 Å². The molecular weight excluding hydrogens is 681 g/mol. The molecule has 0 amide bonds. The summed E-state index contributed by atoms with van der Waals surface area (Å²) in [6.07, 6.45) is 0. The largest absolute Gasteiger partial charge is 0.456 e. The number of para-hydroxylation sites is 1. The Morgan fingerprint density at radius 3 is 1.83 bits per heavy atom. The Bertz CT molecular complexity index is 3140. The zero-order valence-corrected chi connectivity index (χ0v) is 29.8. The number of aromatic nitrogens is 1. The first-order valence-corrected chi connectivity index (χ1v) is 18.8. The zero-order chi connectivity index (χ0) is 35.6. The van der Waals surface area contributed by atoms with E-state index in [0.29, 0.717) is 5.89 Å². The van der Waals surface area contributed by atoms with Crippen molar-refractivity contribution in [2.45, 2.75) is 0 Å². The van der Waals surface area contributed by atoms with E-state index in [1.165, 1.54) is 15.8 Å². The summed E-state index contributed by atoms with van der Waals surface area (Å²) in [5, 5.41) is 4.50. The molecule has 11 aromatic rings. The molecule has 0 aliphatic rings. The highest BCUT2D eigenvalue weighted by atomic mass is 32.1. The third kappa shape index (κ3) is 4.94. The topological polar surface area (TPSA) is 42.4 Å². The Labute approximate surface area is 314 Å². The number of rotatable bonds is 6.